The van der Waals surface area contributed by atoms with Gasteiger partial charge in [0.25, 0.3) is 5.91 Å². The van der Waals surface area contributed by atoms with Crippen LogP contribution in [0.25, 0.3) is 0 Å². The van der Waals surface area contributed by atoms with Crippen molar-refractivity contribution in [1.82, 2.24) is 0 Å². The van der Waals surface area contributed by atoms with Crippen LogP contribution in [0, 0.1) is 17.8 Å². The number of fused-ring (bicyclic) bond motifs is 2. The van der Waals surface area contributed by atoms with Crippen molar-refractivity contribution in [3.63, 3.8) is 0 Å². The molecule has 1 aromatic carbocycles. The molecule has 24 heavy (non-hydrogen) atoms. The molecule has 1 heterocycles. The van der Waals surface area contributed by atoms with Gasteiger partial charge in [0, 0.05) is 17.3 Å². The molecule has 3 atom stereocenters. The van der Waals surface area contributed by atoms with E-state index in [9.17, 15) is 9.59 Å². The minimum absolute atomic E-state index is 0.0818. The van der Waals surface area contributed by atoms with Crippen LogP contribution in [0.5, 0.6) is 0 Å². The number of allylic oxidation sites excluding steroid dienone is 2. The standard InChI is InChI=1S/C19H18N2O3/c22-18(16-11-12-3-4-13(16)10-12)20-14-5-7-15(8-6-14)21-19(23)17-2-1-9-24-17/h1-9,12-13,16H,10-11H2,(H,20,22)(H,21,23)/t12-,13-,16-/m0/s1. The molecule has 1 aromatic heterocycles. The van der Waals surface area contributed by atoms with E-state index in [-0.39, 0.29) is 23.5 Å². The first-order chi connectivity index (χ1) is 11.7. The number of furan rings is 1. The molecule has 1 fully saturated rings. The van der Waals surface area contributed by atoms with Crippen LogP contribution in [0.4, 0.5) is 11.4 Å². The number of hydrogen-bond donors (Lipinski definition) is 2. The second-order valence-electron chi connectivity index (χ2n) is 6.38. The molecule has 0 saturated heterocycles. The highest BCUT2D eigenvalue weighted by molar-refractivity contribution is 6.02. The average Bonchev–Trinajstić information content (AvgIpc) is 3.34. The number of amides is 2. The van der Waals surface area contributed by atoms with Crippen LogP contribution in [-0.4, -0.2) is 11.8 Å². The van der Waals surface area contributed by atoms with E-state index in [1.807, 2.05) is 0 Å². The van der Waals surface area contributed by atoms with Crippen molar-refractivity contribution < 1.29 is 14.0 Å². The van der Waals surface area contributed by atoms with Gasteiger partial charge in [0.1, 0.15) is 0 Å². The number of hydrogen-bond acceptors (Lipinski definition) is 3. The molecule has 4 rings (SSSR count). The van der Waals surface area contributed by atoms with Gasteiger partial charge in [-0.2, -0.15) is 0 Å². The lowest BCUT2D eigenvalue weighted by molar-refractivity contribution is -0.120. The Kier molecular flexibility index (Phi) is 3.69. The maximum Gasteiger partial charge on any atom is 0.291 e. The van der Waals surface area contributed by atoms with Crippen molar-refractivity contribution in [3.8, 4) is 0 Å². The molecule has 5 heteroatoms. The van der Waals surface area contributed by atoms with E-state index in [1.165, 1.54) is 6.26 Å². The van der Waals surface area contributed by atoms with Gasteiger partial charge < -0.3 is 15.1 Å². The monoisotopic (exact) mass is 322 g/mol. The molecule has 5 nitrogen and oxygen atoms in total. The van der Waals surface area contributed by atoms with Gasteiger partial charge in [0.2, 0.25) is 5.91 Å². The predicted octanol–water partition coefficient (Wildman–Crippen LogP) is 3.68. The zero-order chi connectivity index (χ0) is 16.5. The van der Waals surface area contributed by atoms with Gasteiger partial charge in [0.05, 0.1) is 6.26 Å². The lowest BCUT2D eigenvalue weighted by Crippen LogP contribution is -2.25. The fourth-order valence-electron chi connectivity index (χ4n) is 3.55. The molecule has 0 spiro atoms. The summed E-state index contributed by atoms with van der Waals surface area (Å²) in [4.78, 5) is 24.3. The Balaban J connectivity index is 1.36. The van der Waals surface area contributed by atoms with Gasteiger partial charge in [-0.25, -0.2) is 0 Å². The topological polar surface area (TPSA) is 71.3 Å². The SMILES string of the molecule is O=C(Nc1ccc(NC(=O)[C@H]2C[C@H]3C=C[C@H]2C3)cc1)c1ccco1. The van der Waals surface area contributed by atoms with Crippen molar-refractivity contribution in [2.24, 2.45) is 17.8 Å². The van der Waals surface area contributed by atoms with E-state index in [2.05, 4.69) is 22.8 Å². The summed E-state index contributed by atoms with van der Waals surface area (Å²) >= 11 is 0. The minimum atomic E-state index is -0.300. The summed E-state index contributed by atoms with van der Waals surface area (Å²) in [6, 6.07) is 10.4. The van der Waals surface area contributed by atoms with Crippen molar-refractivity contribution >= 4 is 23.2 Å². The highest BCUT2D eigenvalue weighted by atomic mass is 16.3. The Hall–Kier alpha value is -2.82. The van der Waals surface area contributed by atoms with Crippen LogP contribution >= 0.6 is 0 Å². The maximum atomic E-state index is 12.4. The zero-order valence-corrected chi connectivity index (χ0v) is 13.1. The highest BCUT2D eigenvalue weighted by Gasteiger charge is 2.39. The average molecular weight is 322 g/mol. The van der Waals surface area contributed by atoms with Gasteiger partial charge in [0.15, 0.2) is 5.76 Å². The van der Waals surface area contributed by atoms with Crippen LogP contribution in [0.1, 0.15) is 23.4 Å². The van der Waals surface area contributed by atoms with Crippen LogP contribution in [-0.2, 0) is 4.79 Å². The summed E-state index contributed by atoms with van der Waals surface area (Å²) in [6.07, 6.45) is 7.91. The van der Waals surface area contributed by atoms with Crippen LogP contribution in [0.2, 0.25) is 0 Å². The van der Waals surface area contributed by atoms with Crippen molar-refractivity contribution in [2.75, 3.05) is 10.6 Å². The smallest absolute Gasteiger partial charge is 0.291 e. The Labute approximate surface area is 139 Å². The van der Waals surface area contributed by atoms with E-state index < -0.39 is 0 Å². The van der Waals surface area contributed by atoms with Gasteiger partial charge in [-0.15, -0.1) is 0 Å². The summed E-state index contributed by atoms with van der Waals surface area (Å²) in [6.45, 7) is 0. The third-order valence-corrected chi connectivity index (χ3v) is 4.77. The van der Waals surface area contributed by atoms with Crippen LogP contribution in [0.3, 0.4) is 0 Å². The molecule has 0 radical (unpaired) electrons. The van der Waals surface area contributed by atoms with E-state index in [1.54, 1.807) is 36.4 Å². The fraction of sp³-hybridized carbons (Fsp3) is 0.263. The molecule has 2 N–H and O–H groups in total. The normalized spacial score (nSPS) is 24.1. The first kappa shape index (κ1) is 14.8. The van der Waals surface area contributed by atoms with Gasteiger partial charge in [-0.3, -0.25) is 9.59 Å². The quantitative estimate of drug-likeness (QED) is 0.843. The molecule has 2 bridgehead atoms. The van der Waals surface area contributed by atoms with E-state index in [0.29, 0.717) is 17.5 Å². The number of anilines is 2. The third-order valence-electron chi connectivity index (χ3n) is 4.77. The molecule has 2 aromatic rings. The number of benzene rings is 1. The highest BCUT2D eigenvalue weighted by Crippen LogP contribution is 2.43. The fourth-order valence-corrected chi connectivity index (χ4v) is 3.55. The summed E-state index contributed by atoms with van der Waals surface area (Å²) < 4.78 is 5.05. The largest absolute Gasteiger partial charge is 0.459 e. The molecule has 1 saturated carbocycles. The summed E-state index contributed by atoms with van der Waals surface area (Å²) in [5.74, 6) is 1.09. The molecule has 2 amide bonds. The number of carbonyl (C=O) groups excluding carboxylic acids is 2. The summed E-state index contributed by atoms with van der Waals surface area (Å²) in [5, 5.41) is 5.72. The van der Waals surface area contributed by atoms with Crippen LogP contribution < -0.4 is 10.6 Å². The predicted molar refractivity (Wildman–Crippen MR) is 90.6 cm³/mol. The van der Waals surface area contributed by atoms with Gasteiger partial charge in [-0.1, -0.05) is 12.2 Å². The first-order valence-electron chi connectivity index (χ1n) is 8.13. The Morgan fingerprint density at radius 1 is 0.958 bits per heavy atom. The van der Waals surface area contributed by atoms with E-state index >= 15 is 0 Å². The summed E-state index contributed by atoms with van der Waals surface area (Å²) in [7, 11) is 0. The molecule has 2 aliphatic rings. The number of rotatable bonds is 4. The Morgan fingerprint density at radius 3 is 2.29 bits per heavy atom. The molecular formula is C19H18N2O3. The van der Waals surface area contributed by atoms with E-state index in [0.717, 1.165) is 18.5 Å². The molecule has 122 valence electrons. The minimum Gasteiger partial charge on any atom is -0.459 e. The molecule has 0 unspecified atom stereocenters. The van der Waals surface area contributed by atoms with Crippen molar-refractivity contribution in [1.29, 1.82) is 0 Å². The first-order valence-corrected chi connectivity index (χ1v) is 8.13. The second kappa shape index (κ2) is 6.00. The third kappa shape index (κ3) is 2.85. The zero-order valence-electron chi connectivity index (χ0n) is 13.1. The molecule has 2 aliphatic carbocycles. The van der Waals surface area contributed by atoms with Gasteiger partial charge in [-0.05, 0) is 61.1 Å². The molecular weight excluding hydrogens is 304 g/mol. The lowest BCUT2D eigenvalue weighted by Gasteiger charge is -2.17. The molecule has 0 aliphatic heterocycles. The van der Waals surface area contributed by atoms with E-state index in [4.69, 9.17) is 4.42 Å². The Bertz CT molecular complexity index is 777. The van der Waals surface area contributed by atoms with Crippen LogP contribution in [0.15, 0.2) is 59.2 Å². The Morgan fingerprint density at radius 2 is 1.71 bits per heavy atom. The number of carbonyl (C=O) groups is 2. The lowest BCUT2D eigenvalue weighted by atomic mass is 9.93. The maximum absolute atomic E-state index is 12.4. The van der Waals surface area contributed by atoms with Crippen molar-refractivity contribution in [3.05, 3.63) is 60.6 Å². The summed E-state index contributed by atoms with van der Waals surface area (Å²) in [5.41, 5.74) is 1.39. The van der Waals surface area contributed by atoms with Crippen molar-refractivity contribution in [2.45, 2.75) is 12.8 Å². The van der Waals surface area contributed by atoms with Gasteiger partial charge >= 0.3 is 0 Å². The second-order valence-corrected chi connectivity index (χ2v) is 6.38. The number of nitrogens with one attached hydrogen (secondary N) is 2.